The summed E-state index contributed by atoms with van der Waals surface area (Å²) in [6.45, 7) is 2.64. The monoisotopic (exact) mass is 323 g/mol. The minimum Gasteiger partial charge on any atom is -0.384 e. The fourth-order valence-corrected chi connectivity index (χ4v) is 3.45. The van der Waals surface area contributed by atoms with Gasteiger partial charge in [-0.1, -0.05) is 0 Å². The van der Waals surface area contributed by atoms with Crippen molar-refractivity contribution in [2.45, 2.75) is 25.3 Å². The van der Waals surface area contributed by atoms with Crippen LogP contribution in [0.4, 0.5) is 11.6 Å². The lowest BCUT2D eigenvalue weighted by Crippen LogP contribution is -2.48. The molecular formula is C18H21N5O. The Bertz CT molecular complexity index is 733. The molecule has 4 rings (SSSR count). The lowest BCUT2D eigenvalue weighted by Gasteiger charge is -2.33. The van der Waals surface area contributed by atoms with Crippen LogP contribution in [0.2, 0.25) is 0 Å². The number of hydrogen-bond donors (Lipinski definition) is 2. The maximum atomic E-state index is 12.6. The van der Waals surface area contributed by atoms with Gasteiger partial charge in [0.05, 0.1) is 0 Å². The van der Waals surface area contributed by atoms with Crippen molar-refractivity contribution in [3.63, 3.8) is 0 Å². The van der Waals surface area contributed by atoms with Gasteiger partial charge in [-0.3, -0.25) is 4.79 Å². The van der Waals surface area contributed by atoms with E-state index in [1.54, 1.807) is 12.4 Å². The van der Waals surface area contributed by atoms with Gasteiger partial charge >= 0.3 is 0 Å². The summed E-state index contributed by atoms with van der Waals surface area (Å²) < 4.78 is 0. The highest BCUT2D eigenvalue weighted by atomic mass is 16.1. The summed E-state index contributed by atoms with van der Waals surface area (Å²) in [6, 6.07) is 7.85. The van der Waals surface area contributed by atoms with Crippen LogP contribution in [-0.2, 0) is 6.42 Å². The lowest BCUT2D eigenvalue weighted by atomic mass is 10.0. The molecular weight excluding hydrogens is 302 g/mol. The molecule has 0 saturated carbocycles. The van der Waals surface area contributed by atoms with Crippen molar-refractivity contribution in [3.05, 3.63) is 47.8 Å². The van der Waals surface area contributed by atoms with Gasteiger partial charge in [0.2, 0.25) is 5.95 Å². The van der Waals surface area contributed by atoms with Crippen molar-refractivity contribution in [1.82, 2.24) is 15.3 Å². The third-order valence-corrected chi connectivity index (χ3v) is 4.67. The third kappa shape index (κ3) is 3.04. The molecule has 1 unspecified atom stereocenters. The van der Waals surface area contributed by atoms with Crippen LogP contribution in [0.3, 0.4) is 0 Å². The molecule has 1 aromatic heterocycles. The van der Waals surface area contributed by atoms with Gasteiger partial charge in [0.25, 0.3) is 5.91 Å². The number of aromatic nitrogens is 2. The number of carbonyl (C=O) groups is 1. The summed E-state index contributed by atoms with van der Waals surface area (Å²) >= 11 is 0. The molecule has 1 aromatic carbocycles. The van der Waals surface area contributed by atoms with Gasteiger partial charge in [0.1, 0.15) is 0 Å². The smallest absolute Gasteiger partial charge is 0.251 e. The summed E-state index contributed by atoms with van der Waals surface area (Å²) in [5.74, 6) is 0.741. The number of fused-ring (bicyclic) bond motifs is 1. The summed E-state index contributed by atoms with van der Waals surface area (Å²) in [7, 11) is 0. The Morgan fingerprint density at radius 1 is 1.29 bits per heavy atom. The summed E-state index contributed by atoms with van der Waals surface area (Å²) in [6.07, 6.45) is 6.50. The summed E-state index contributed by atoms with van der Waals surface area (Å²) in [5, 5.41) is 6.49. The molecule has 24 heavy (non-hydrogen) atoms. The quantitative estimate of drug-likeness (QED) is 0.902. The van der Waals surface area contributed by atoms with E-state index in [4.69, 9.17) is 0 Å². The number of anilines is 2. The highest BCUT2D eigenvalue weighted by Crippen LogP contribution is 2.23. The number of amides is 1. The number of benzene rings is 1. The molecule has 0 bridgehead atoms. The molecule has 1 fully saturated rings. The second-order valence-corrected chi connectivity index (χ2v) is 6.36. The number of hydrogen-bond acceptors (Lipinski definition) is 5. The Morgan fingerprint density at radius 2 is 2.17 bits per heavy atom. The zero-order valence-corrected chi connectivity index (χ0v) is 13.5. The van der Waals surface area contributed by atoms with Gasteiger partial charge in [-0.15, -0.1) is 0 Å². The molecule has 6 nitrogen and oxygen atoms in total. The molecule has 1 amide bonds. The van der Waals surface area contributed by atoms with E-state index in [9.17, 15) is 4.79 Å². The highest BCUT2D eigenvalue weighted by molar-refractivity contribution is 5.95. The predicted octanol–water partition coefficient (Wildman–Crippen LogP) is 1.84. The second-order valence-electron chi connectivity index (χ2n) is 6.36. The molecule has 2 aliphatic rings. The fraction of sp³-hybridized carbons (Fsp3) is 0.389. The van der Waals surface area contributed by atoms with E-state index in [2.05, 4.69) is 25.5 Å². The summed E-state index contributed by atoms with van der Waals surface area (Å²) in [4.78, 5) is 23.3. The minimum absolute atomic E-state index is 0.00512. The van der Waals surface area contributed by atoms with Crippen LogP contribution in [0.25, 0.3) is 0 Å². The average Bonchev–Trinajstić information content (AvgIpc) is 3.10. The van der Waals surface area contributed by atoms with Crippen LogP contribution < -0.4 is 15.5 Å². The number of rotatable bonds is 3. The van der Waals surface area contributed by atoms with Crippen molar-refractivity contribution in [1.29, 1.82) is 0 Å². The van der Waals surface area contributed by atoms with Crippen LogP contribution in [0.15, 0.2) is 36.7 Å². The molecule has 6 heteroatoms. The van der Waals surface area contributed by atoms with E-state index in [0.29, 0.717) is 0 Å². The second kappa shape index (κ2) is 6.47. The zero-order chi connectivity index (χ0) is 16.4. The van der Waals surface area contributed by atoms with Crippen molar-refractivity contribution < 1.29 is 4.79 Å². The fourth-order valence-electron chi connectivity index (χ4n) is 3.45. The Kier molecular flexibility index (Phi) is 4.02. The summed E-state index contributed by atoms with van der Waals surface area (Å²) in [5.41, 5.74) is 3.12. The maximum Gasteiger partial charge on any atom is 0.251 e. The Hall–Kier alpha value is -2.63. The molecule has 2 aromatic rings. The van der Waals surface area contributed by atoms with Gasteiger partial charge in [0.15, 0.2) is 0 Å². The first-order valence-corrected chi connectivity index (χ1v) is 8.49. The molecule has 1 saturated heterocycles. The standard InChI is InChI=1S/C18H21N5O/c24-17(14-4-5-16-13(11-14)6-9-19-16)22-15-3-1-10-23(12-15)18-20-7-2-8-21-18/h2,4-5,7-8,11,15,19H,1,3,6,9-10,12H2,(H,22,24). The molecule has 0 spiro atoms. The lowest BCUT2D eigenvalue weighted by molar-refractivity contribution is 0.0933. The molecule has 3 heterocycles. The largest absolute Gasteiger partial charge is 0.384 e. The predicted molar refractivity (Wildman–Crippen MR) is 93.4 cm³/mol. The van der Waals surface area contributed by atoms with E-state index in [0.717, 1.165) is 56.1 Å². The van der Waals surface area contributed by atoms with E-state index >= 15 is 0 Å². The molecule has 2 N–H and O–H groups in total. The molecule has 0 aliphatic carbocycles. The van der Waals surface area contributed by atoms with Crippen molar-refractivity contribution in [2.75, 3.05) is 29.9 Å². The number of nitrogens with one attached hydrogen (secondary N) is 2. The van der Waals surface area contributed by atoms with Gasteiger partial charge < -0.3 is 15.5 Å². The van der Waals surface area contributed by atoms with Crippen LogP contribution in [0, 0.1) is 0 Å². The molecule has 0 radical (unpaired) electrons. The van der Waals surface area contributed by atoms with Crippen LogP contribution in [0.1, 0.15) is 28.8 Å². The van der Waals surface area contributed by atoms with Crippen molar-refractivity contribution in [2.24, 2.45) is 0 Å². The molecule has 1 atom stereocenters. The van der Waals surface area contributed by atoms with Gasteiger partial charge in [0, 0.05) is 49.3 Å². The number of piperidine rings is 1. The minimum atomic E-state index is 0.00512. The SMILES string of the molecule is O=C(NC1CCCN(c2ncccn2)C1)c1ccc2c(c1)CCN2. The zero-order valence-electron chi connectivity index (χ0n) is 13.5. The van der Waals surface area contributed by atoms with Crippen molar-refractivity contribution >= 4 is 17.5 Å². The van der Waals surface area contributed by atoms with E-state index in [-0.39, 0.29) is 11.9 Å². The van der Waals surface area contributed by atoms with E-state index in [1.807, 2.05) is 24.3 Å². The number of nitrogens with zero attached hydrogens (tertiary/aromatic N) is 3. The topological polar surface area (TPSA) is 70.2 Å². The van der Waals surface area contributed by atoms with Gasteiger partial charge in [-0.25, -0.2) is 9.97 Å². The van der Waals surface area contributed by atoms with Crippen molar-refractivity contribution in [3.8, 4) is 0 Å². The first-order valence-electron chi connectivity index (χ1n) is 8.49. The Labute approximate surface area is 141 Å². The molecule has 2 aliphatic heterocycles. The van der Waals surface area contributed by atoms with Gasteiger partial charge in [-0.2, -0.15) is 0 Å². The highest BCUT2D eigenvalue weighted by Gasteiger charge is 2.23. The van der Waals surface area contributed by atoms with Gasteiger partial charge in [-0.05, 0) is 49.1 Å². The number of carbonyl (C=O) groups excluding carboxylic acids is 1. The Balaban J connectivity index is 1.42. The third-order valence-electron chi connectivity index (χ3n) is 4.67. The molecule has 124 valence electrons. The average molecular weight is 323 g/mol. The Morgan fingerprint density at radius 3 is 3.04 bits per heavy atom. The van der Waals surface area contributed by atoms with E-state index in [1.165, 1.54) is 5.56 Å². The maximum absolute atomic E-state index is 12.6. The first kappa shape index (κ1) is 14.9. The first-order chi connectivity index (χ1) is 11.8. The van der Waals surface area contributed by atoms with E-state index < -0.39 is 0 Å². The van der Waals surface area contributed by atoms with Crippen LogP contribution >= 0.6 is 0 Å². The van der Waals surface area contributed by atoms with Crippen LogP contribution in [-0.4, -0.2) is 41.6 Å². The normalized spacial score (nSPS) is 19.5. The van der Waals surface area contributed by atoms with Crippen LogP contribution in [0.5, 0.6) is 0 Å².